The summed E-state index contributed by atoms with van der Waals surface area (Å²) in [5, 5.41) is 5.56. The van der Waals surface area contributed by atoms with E-state index in [0.29, 0.717) is 45.1 Å². The molecule has 328 valence electrons. The number of fused-ring (bicyclic) bond motifs is 11. The van der Waals surface area contributed by atoms with Gasteiger partial charge in [0.1, 0.15) is 11.2 Å². The molecule has 0 bridgehead atoms. The van der Waals surface area contributed by atoms with E-state index >= 15 is 0 Å². The summed E-state index contributed by atoms with van der Waals surface area (Å²) in [6, 6.07) is 54.0. The lowest BCUT2D eigenvalue weighted by molar-refractivity contribution is -0.138. The fourth-order valence-corrected chi connectivity index (χ4v) is 10.2. The van der Waals surface area contributed by atoms with Gasteiger partial charge in [0.15, 0.2) is 11.2 Å². The van der Waals surface area contributed by atoms with Crippen molar-refractivity contribution in [3.63, 3.8) is 0 Å². The third-order valence-electron chi connectivity index (χ3n) is 13.3. The normalized spacial score (nSPS) is 13.5. The molecule has 0 unspecified atom stereocenters. The Hall–Kier alpha value is -7.98. The quantitative estimate of drug-likeness (QED) is 0.156. The van der Waals surface area contributed by atoms with Gasteiger partial charge in [-0.2, -0.15) is 26.3 Å². The zero-order valence-electron chi connectivity index (χ0n) is 35.8. The third kappa shape index (κ3) is 6.37. The van der Waals surface area contributed by atoms with Crippen molar-refractivity contribution >= 4 is 88.8 Å². The minimum atomic E-state index is -4.50. The fraction of sp³-hybridized carbons (Fsp3) is 0.0877. The van der Waals surface area contributed by atoms with Crippen LogP contribution in [0.4, 0.5) is 60.5 Å². The van der Waals surface area contributed by atoms with Crippen LogP contribution in [-0.2, 0) is 17.8 Å². The van der Waals surface area contributed by atoms with Gasteiger partial charge in [-0.05, 0) is 130 Å². The summed E-state index contributed by atoms with van der Waals surface area (Å²) in [4.78, 5) is 3.88. The molecule has 67 heavy (non-hydrogen) atoms. The molecule has 12 rings (SSSR count). The molecule has 0 spiro atoms. The molecule has 1 aliphatic rings. The molecule has 11 aromatic rings. The van der Waals surface area contributed by atoms with Crippen molar-refractivity contribution in [3.05, 3.63) is 204 Å². The van der Waals surface area contributed by atoms with Crippen LogP contribution in [0.2, 0.25) is 0 Å². The summed E-state index contributed by atoms with van der Waals surface area (Å²) in [5.74, 6) is 0. The predicted octanol–water partition coefficient (Wildman–Crippen LogP) is 17.9. The number of rotatable bonds is 6. The van der Waals surface area contributed by atoms with E-state index in [1.165, 1.54) is 24.3 Å². The number of anilines is 6. The number of benzene rings is 9. The molecule has 2 heterocycles. The molecule has 4 nitrogen and oxygen atoms in total. The molecule has 0 radical (unpaired) electrons. The van der Waals surface area contributed by atoms with Crippen molar-refractivity contribution < 1.29 is 35.2 Å². The number of furan rings is 2. The molecular formula is C57H36F6N2O2. The molecule has 0 aliphatic heterocycles. The molecule has 0 fully saturated rings. The van der Waals surface area contributed by atoms with E-state index in [0.717, 1.165) is 90.2 Å². The number of halogens is 6. The van der Waals surface area contributed by atoms with E-state index in [2.05, 4.69) is 50.2 Å². The minimum Gasteiger partial charge on any atom is -0.454 e. The highest BCUT2D eigenvalue weighted by Crippen LogP contribution is 2.54. The zero-order valence-corrected chi connectivity index (χ0v) is 35.8. The largest absolute Gasteiger partial charge is 0.454 e. The van der Waals surface area contributed by atoms with Crippen LogP contribution < -0.4 is 9.80 Å². The summed E-state index contributed by atoms with van der Waals surface area (Å²) in [6.07, 6.45) is -9.00. The van der Waals surface area contributed by atoms with E-state index in [4.69, 9.17) is 8.83 Å². The highest BCUT2D eigenvalue weighted by atomic mass is 19.4. The Morgan fingerprint density at radius 2 is 0.851 bits per heavy atom. The van der Waals surface area contributed by atoms with Gasteiger partial charge in [-0.1, -0.05) is 98.8 Å². The van der Waals surface area contributed by atoms with Gasteiger partial charge in [0.25, 0.3) is 0 Å². The first kappa shape index (κ1) is 40.5. The van der Waals surface area contributed by atoms with E-state index in [1.54, 1.807) is 0 Å². The molecule has 0 saturated heterocycles. The smallest absolute Gasteiger partial charge is 0.416 e. The van der Waals surface area contributed by atoms with Crippen LogP contribution in [0.1, 0.15) is 36.1 Å². The lowest BCUT2D eigenvalue weighted by atomic mass is 9.80. The van der Waals surface area contributed by atoms with Gasteiger partial charge in [0, 0.05) is 49.7 Å². The second kappa shape index (κ2) is 14.5. The first-order valence-corrected chi connectivity index (χ1v) is 21.7. The Bertz CT molecular complexity index is 3770. The van der Waals surface area contributed by atoms with Crippen molar-refractivity contribution in [2.45, 2.75) is 31.6 Å². The predicted molar refractivity (Wildman–Crippen MR) is 255 cm³/mol. The molecule has 1 aliphatic carbocycles. The van der Waals surface area contributed by atoms with Crippen LogP contribution >= 0.6 is 0 Å². The SMILES string of the molecule is CC1(C)c2cc(N(c3ccc(C(F)(F)F)cc3)c3cccc4c3oc3ccccc34)ccc2-c2ccc3cc(N(c4ccc(C(F)(F)F)cc4)c4cccc5c4oc4ccccc45)ccc3c21. The first-order valence-electron chi connectivity index (χ1n) is 21.7. The minimum absolute atomic E-state index is 0.526. The van der Waals surface area contributed by atoms with E-state index in [-0.39, 0.29) is 0 Å². The van der Waals surface area contributed by atoms with Crippen LogP contribution in [0.3, 0.4) is 0 Å². The molecule has 9 aromatic carbocycles. The monoisotopic (exact) mass is 894 g/mol. The van der Waals surface area contributed by atoms with Crippen LogP contribution in [0.15, 0.2) is 191 Å². The average molecular weight is 895 g/mol. The lowest BCUT2D eigenvalue weighted by Crippen LogP contribution is -2.17. The highest BCUT2D eigenvalue weighted by Gasteiger charge is 2.38. The van der Waals surface area contributed by atoms with Gasteiger partial charge in [-0.25, -0.2) is 0 Å². The van der Waals surface area contributed by atoms with E-state index < -0.39 is 28.9 Å². The van der Waals surface area contributed by atoms with Gasteiger partial charge in [0.2, 0.25) is 0 Å². The Kier molecular flexibility index (Phi) is 8.78. The zero-order chi connectivity index (χ0) is 46.0. The standard InChI is InChI=1S/C57H36F6N2O2/c1-55(2)47-32-39(65(37-24-20-35(21-25-37)57(61,62)63)49-14-8-12-46-43-10-4-6-16-51(43)67-54(46)49)27-30-41(47)44-28-17-33-31-38(26-29-40(33)52(44)55)64(36-22-18-34(19-23-36)56(58,59)60)48-13-7-11-45-42-9-3-5-15-50(42)66-53(45)48/h3-32H,1-2H3. The molecular weight excluding hydrogens is 859 g/mol. The number of hydrogen-bond acceptors (Lipinski definition) is 4. The lowest BCUT2D eigenvalue weighted by Gasteiger charge is -2.29. The Morgan fingerprint density at radius 1 is 0.403 bits per heavy atom. The fourth-order valence-electron chi connectivity index (χ4n) is 10.2. The van der Waals surface area contributed by atoms with Crippen molar-refractivity contribution in [1.82, 2.24) is 0 Å². The molecule has 0 saturated carbocycles. The van der Waals surface area contributed by atoms with Crippen molar-refractivity contribution in [2.24, 2.45) is 0 Å². The molecule has 10 heteroatoms. The van der Waals surface area contributed by atoms with Gasteiger partial charge in [0.05, 0.1) is 22.5 Å². The topological polar surface area (TPSA) is 32.8 Å². The Labute approximate surface area is 379 Å². The molecule has 0 atom stereocenters. The Balaban J connectivity index is 0.992. The molecule has 0 N–H and O–H groups in total. The second-order valence-corrected chi connectivity index (χ2v) is 17.5. The average Bonchev–Trinajstić information content (AvgIpc) is 3.97. The van der Waals surface area contributed by atoms with Crippen LogP contribution in [0.5, 0.6) is 0 Å². The first-order chi connectivity index (χ1) is 32.2. The van der Waals surface area contributed by atoms with Crippen LogP contribution in [0.25, 0.3) is 65.8 Å². The number of alkyl halides is 6. The highest BCUT2D eigenvalue weighted by molar-refractivity contribution is 6.12. The van der Waals surface area contributed by atoms with E-state index in [1.807, 2.05) is 107 Å². The summed E-state index contributed by atoms with van der Waals surface area (Å²) in [7, 11) is 0. The number of nitrogens with zero attached hydrogens (tertiary/aromatic N) is 2. The maximum absolute atomic E-state index is 13.9. The third-order valence-corrected chi connectivity index (χ3v) is 13.3. The van der Waals surface area contributed by atoms with Crippen molar-refractivity contribution in [2.75, 3.05) is 9.80 Å². The number of para-hydroxylation sites is 4. The summed E-state index contributed by atoms with van der Waals surface area (Å²) < 4.78 is 96.0. The van der Waals surface area contributed by atoms with E-state index in [9.17, 15) is 26.3 Å². The maximum Gasteiger partial charge on any atom is 0.416 e. The van der Waals surface area contributed by atoms with Crippen molar-refractivity contribution in [1.29, 1.82) is 0 Å². The van der Waals surface area contributed by atoms with Crippen LogP contribution in [-0.4, -0.2) is 0 Å². The second-order valence-electron chi connectivity index (χ2n) is 17.5. The van der Waals surface area contributed by atoms with Crippen LogP contribution in [0, 0.1) is 0 Å². The summed E-state index contributed by atoms with van der Waals surface area (Å²) in [6.45, 7) is 4.35. The molecule has 2 aromatic heterocycles. The van der Waals surface area contributed by atoms with Gasteiger partial charge < -0.3 is 18.6 Å². The number of hydrogen-bond donors (Lipinski definition) is 0. The van der Waals surface area contributed by atoms with Crippen molar-refractivity contribution in [3.8, 4) is 11.1 Å². The van der Waals surface area contributed by atoms with Gasteiger partial charge in [-0.3, -0.25) is 0 Å². The van der Waals surface area contributed by atoms with Gasteiger partial charge in [-0.15, -0.1) is 0 Å². The summed E-state index contributed by atoms with van der Waals surface area (Å²) >= 11 is 0. The maximum atomic E-state index is 13.9. The Morgan fingerprint density at radius 3 is 1.37 bits per heavy atom. The summed E-state index contributed by atoms with van der Waals surface area (Å²) in [5.41, 5.74) is 8.67. The molecule has 0 amide bonds. The van der Waals surface area contributed by atoms with Gasteiger partial charge >= 0.3 is 12.4 Å².